The molecule has 1 aliphatic rings. The number of hydrogen-bond acceptors (Lipinski definition) is 5. The summed E-state index contributed by atoms with van der Waals surface area (Å²) in [4.78, 5) is 2.41. The zero-order valence-electron chi connectivity index (χ0n) is 13.1. The molecule has 1 N–H and O–H groups in total. The predicted molar refractivity (Wildman–Crippen MR) is 82.9 cm³/mol. The number of ether oxygens (including phenoxy) is 1. The number of sulfone groups is 1. The van der Waals surface area contributed by atoms with Crippen LogP contribution in [0.25, 0.3) is 0 Å². The van der Waals surface area contributed by atoms with Gasteiger partial charge in [-0.15, -0.1) is 0 Å². The average Bonchev–Trinajstić information content (AvgIpc) is 2.38. The van der Waals surface area contributed by atoms with Gasteiger partial charge in [0.2, 0.25) is 0 Å². The summed E-state index contributed by atoms with van der Waals surface area (Å²) in [7, 11) is -2.92. The minimum Gasteiger partial charge on any atom is -0.374 e. The molecule has 6 heteroatoms. The van der Waals surface area contributed by atoms with Crippen LogP contribution in [0, 0.1) is 0 Å². The second kappa shape index (κ2) is 8.97. The summed E-state index contributed by atoms with van der Waals surface area (Å²) in [6.07, 6.45) is 4.21. The number of morpholine rings is 1. The highest BCUT2D eigenvalue weighted by molar-refractivity contribution is 7.90. The molecule has 20 heavy (non-hydrogen) atoms. The molecule has 2 atom stereocenters. The third kappa shape index (κ3) is 7.02. The van der Waals surface area contributed by atoms with E-state index in [2.05, 4.69) is 24.1 Å². The van der Waals surface area contributed by atoms with Crippen molar-refractivity contribution in [2.24, 2.45) is 0 Å². The molecular formula is C14H30N2O3S. The van der Waals surface area contributed by atoms with Gasteiger partial charge in [-0.05, 0) is 32.4 Å². The first-order valence-corrected chi connectivity index (χ1v) is 9.77. The van der Waals surface area contributed by atoms with E-state index in [1.807, 2.05) is 0 Å². The van der Waals surface area contributed by atoms with Gasteiger partial charge in [-0.25, -0.2) is 8.42 Å². The monoisotopic (exact) mass is 306 g/mol. The lowest BCUT2D eigenvalue weighted by atomic mass is 10.1. The topological polar surface area (TPSA) is 58.6 Å². The molecule has 0 bridgehead atoms. The van der Waals surface area contributed by atoms with Gasteiger partial charge in [0.1, 0.15) is 9.84 Å². The Bertz CT molecular complexity index is 357. The summed E-state index contributed by atoms with van der Waals surface area (Å²) < 4.78 is 28.6. The minimum absolute atomic E-state index is 0.101. The van der Waals surface area contributed by atoms with Gasteiger partial charge in [0.15, 0.2) is 0 Å². The Labute approximate surface area is 124 Å². The molecule has 0 aromatic rings. The molecule has 1 heterocycles. The molecule has 0 saturated carbocycles. The van der Waals surface area contributed by atoms with Crippen LogP contribution in [0.5, 0.6) is 0 Å². The van der Waals surface area contributed by atoms with Crippen LogP contribution in [0.1, 0.15) is 33.1 Å². The molecule has 1 fully saturated rings. The van der Waals surface area contributed by atoms with E-state index in [9.17, 15) is 8.42 Å². The Kier molecular flexibility index (Phi) is 8.02. The Morgan fingerprint density at radius 3 is 2.70 bits per heavy atom. The average molecular weight is 306 g/mol. The van der Waals surface area contributed by atoms with E-state index < -0.39 is 9.84 Å². The fourth-order valence-corrected chi connectivity index (χ4v) is 3.27. The molecule has 120 valence electrons. The van der Waals surface area contributed by atoms with Gasteiger partial charge >= 0.3 is 0 Å². The molecular weight excluding hydrogens is 276 g/mol. The van der Waals surface area contributed by atoms with Crippen LogP contribution in [0.4, 0.5) is 0 Å². The van der Waals surface area contributed by atoms with E-state index in [1.165, 1.54) is 6.26 Å². The van der Waals surface area contributed by atoms with E-state index in [4.69, 9.17) is 4.74 Å². The van der Waals surface area contributed by atoms with Gasteiger partial charge in [0.25, 0.3) is 0 Å². The smallest absolute Gasteiger partial charge is 0.147 e. The van der Waals surface area contributed by atoms with Crippen LogP contribution < -0.4 is 5.32 Å². The summed E-state index contributed by atoms with van der Waals surface area (Å²) >= 11 is 0. The normalized spacial score (nSPS) is 22.9. The van der Waals surface area contributed by atoms with Crippen LogP contribution in [0.2, 0.25) is 0 Å². The fourth-order valence-electron chi connectivity index (χ4n) is 2.58. The SMILES string of the molecule is CCCNC(CCS(C)(=O)=O)C1CN(CCC)CCO1. The number of nitrogens with zero attached hydrogens (tertiary/aromatic N) is 1. The van der Waals surface area contributed by atoms with E-state index in [0.29, 0.717) is 6.42 Å². The Balaban J connectivity index is 2.56. The van der Waals surface area contributed by atoms with Gasteiger partial charge in [-0.3, -0.25) is 4.90 Å². The zero-order chi connectivity index (χ0) is 15.0. The molecule has 0 aromatic carbocycles. The van der Waals surface area contributed by atoms with Crippen molar-refractivity contribution in [3.05, 3.63) is 0 Å². The van der Waals surface area contributed by atoms with Crippen LogP contribution in [-0.2, 0) is 14.6 Å². The highest BCUT2D eigenvalue weighted by Gasteiger charge is 2.28. The summed E-state index contributed by atoms with van der Waals surface area (Å²) in [5.74, 6) is 0.224. The number of nitrogens with one attached hydrogen (secondary N) is 1. The maximum atomic E-state index is 11.4. The van der Waals surface area contributed by atoms with E-state index in [0.717, 1.165) is 45.6 Å². The van der Waals surface area contributed by atoms with Gasteiger partial charge < -0.3 is 10.1 Å². The summed E-state index contributed by atoms with van der Waals surface area (Å²) in [5, 5.41) is 3.46. The molecule has 2 unspecified atom stereocenters. The highest BCUT2D eigenvalue weighted by atomic mass is 32.2. The van der Waals surface area contributed by atoms with Crippen LogP contribution in [-0.4, -0.2) is 70.3 Å². The van der Waals surface area contributed by atoms with E-state index in [-0.39, 0.29) is 17.9 Å². The lowest BCUT2D eigenvalue weighted by molar-refractivity contribution is -0.0466. The van der Waals surface area contributed by atoms with E-state index in [1.54, 1.807) is 0 Å². The van der Waals surface area contributed by atoms with Crippen molar-refractivity contribution in [3.8, 4) is 0 Å². The summed E-state index contributed by atoms with van der Waals surface area (Å²) in [5.41, 5.74) is 0. The molecule has 1 aliphatic heterocycles. The third-order valence-corrected chi connectivity index (χ3v) is 4.60. The Morgan fingerprint density at radius 1 is 1.35 bits per heavy atom. The van der Waals surface area contributed by atoms with Crippen LogP contribution in [0.15, 0.2) is 0 Å². The highest BCUT2D eigenvalue weighted by Crippen LogP contribution is 2.13. The van der Waals surface area contributed by atoms with Crippen molar-refractivity contribution in [1.29, 1.82) is 0 Å². The first kappa shape index (κ1) is 17.9. The molecule has 0 amide bonds. The Morgan fingerprint density at radius 2 is 2.10 bits per heavy atom. The van der Waals surface area contributed by atoms with Crippen LogP contribution >= 0.6 is 0 Å². The van der Waals surface area contributed by atoms with Gasteiger partial charge in [-0.1, -0.05) is 13.8 Å². The first-order chi connectivity index (χ1) is 9.46. The summed E-state index contributed by atoms with van der Waals surface area (Å²) in [6, 6.07) is 0.129. The molecule has 0 radical (unpaired) electrons. The van der Waals surface area contributed by atoms with Crippen molar-refractivity contribution in [3.63, 3.8) is 0 Å². The second-order valence-corrected chi connectivity index (χ2v) is 7.95. The van der Waals surface area contributed by atoms with Crippen LogP contribution in [0.3, 0.4) is 0 Å². The van der Waals surface area contributed by atoms with Crippen molar-refractivity contribution in [1.82, 2.24) is 10.2 Å². The molecule has 0 spiro atoms. The molecule has 5 nitrogen and oxygen atoms in total. The fraction of sp³-hybridized carbons (Fsp3) is 1.00. The lowest BCUT2D eigenvalue weighted by Gasteiger charge is -2.37. The minimum atomic E-state index is -2.92. The maximum absolute atomic E-state index is 11.4. The van der Waals surface area contributed by atoms with Crippen molar-refractivity contribution in [2.75, 3.05) is 44.8 Å². The second-order valence-electron chi connectivity index (χ2n) is 5.69. The molecule has 0 aromatic heterocycles. The lowest BCUT2D eigenvalue weighted by Crippen LogP contribution is -2.53. The van der Waals surface area contributed by atoms with Gasteiger partial charge in [-0.2, -0.15) is 0 Å². The third-order valence-electron chi connectivity index (χ3n) is 3.62. The molecule has 0 aliphatic carbocycles. The Hall–Kier alpha value is -0.170. The largest absolute Gasteiger partial charge is 0.374 e. The molecule has 1 saturated heterocycles. The van der Waals surface area contributed by atoms with Gasteiger partial charge in [0, 0.05) is 25.4 Å². The predicted octanol–water partition coefficient (Wildman–Crippen LogP) is 0.900. The first-order valence-electron chi connectivity index (χ1n) is 7.71. The van der Waals surface area contributed by atoms with Crippen molar-refractivity contribution in [2.45, 2.75) is 45.3 Å². The quantitative estimate of drug-likeness (QED) is 0.686. The van der Waals surface area contributed by atoms with E-state index >= 15 is 0 Å². The van der Waals surface area contributed by atoms with Crippen molar-refractivity contribution < 1.29 is 13.2 Å². The summed E-state index contributed by atoms with van der Waals surface area (Å²) in [6.45, 7) is 8.92. The zero-order valence-corrected chi connectivity index (χ0v) is 13.9. The standard InChI is InChI=1S/C14H30N2O3S/c1-4-7-15-13(6-11-20(3,17)18)14-12-16(8-5-2)9-10-19-14/h13-15H,4-12H2,1-3H3. The van der Waals surface area contributed by atoms with Crippen molar-refractivity contribution >= 4 is 9.84 Å². The maximum Gasteiger partial charge on any atom is 0.147 e. The number of hydrogen-bond donors (Lipinski definition) is 1. The number of rotatable bonds is 9. The van der Waals surface area contributed by atoms with Gasteiger partial charge in [0.05, 0.1) is 18.5 Å². The molecule has 1 rings (SSSR count).